The van der Waals surface area contributed by atoms with Crippen molar-refractivity contribution in [3.8, 4) is 0 Å². The first-order valence-corrected chi connectivity index (χ1v) is 7.46. The molecule has 0 aromatic carbocycles. The standard InChI is InChI=1S/C15H27N3O/c1-4-10-17-14(16-3)18-12-11-13(19-5-2)15(12)8-6-7-9-15/h4,12-13H,1,5-11H2,2-3H3,(H2,16,17,18). The average molecular weight is 265 g/mol. The summed E-state index contributed by atoms with van der Waals surface area (Å²) >= 11 is 0. The molecule has 1 spiro atoms. The van der Waals surface area contributed by atoms with E-state index >= 15 is 0 Å². The summed E-state index contributed by atoms with van der Waals surface area (Å²) < 4.78 is 5.93. The highest BCUT2D eigenvalue weighted by Crippen LogP contribution is 2.54. The minimum Gasteiger partial charge on any atom is -0.378 e. The van der Waals surface area contributed by atoms with Crippen molar-refractivity contribution >= 4 is 5.96 Å². The lowest BCUT2D eigenvalue weighted by molar-refractivity contribution is -0.125. The van der Waals surface area contributed by atoms with Crippen LogP contribution in [0.3, 0.4) is 0 Å². The van der Waals surface area contributed by atoms with Gasteiger partial charge < -0.3 is 15.4 Å². The summed E-state index contributed by atoms with van der Waals surface area (Å²) in [6, 6.07) is 0.502. The molecule has 0 amide bonds. The smallest absolute Gasteiger partial charge is 0.191 e. The SMILES string of the molecule is C=CCNC(=NC)NC1CC(OCC)C12CCCC2. The second-order valence-electron chi connectivity index (χ2n) is 5.56. The highest BCUT2D eigenvalue weighted by molar-refractivity contribution is 5.80. The molecule has 4 nitrogen and oxygen atoms in total. The molecule has 2 saturated carbocycles. The fourth-order valence-corrected chi connectivity index (χ4v) is 3.62. The first kappa shape index (κ1) is 14.4. The molecule has 0 aliphatic heterocycles. The van der Waals surface area contributed by atoms with Crippen molar-refractivity contribution in [1.29, 1.82) is 0 Å². The van der Waals surface area contributed by atoms with E-state index in [1.165, 1.54) is 25.7 Å². The maximum Gasteiger partial charge on any atom is 0.191 e. The topological polar surface area (TPSA) is 45.7 Å². The second kappa shape index (κ2) is 6.42. The molecule has 0 aromatic rings. The number of aliphatic imine (C=N–C) groups is 1. The molecule has 2 aliphatic rings. The Balaban J connectivity index is 1.95. The Hall–Kier alpha value is -1.03. The summed E-state index contributed by atoms with van der Waals surface area (Å²) in [5.74, 6) is 0.881. The Kier molecular flexibility index (Phi) is 4.86. The van der Waals surface area contributed by atoms with E-state index < -0.39 is 0 Å². The van der Waals surface area contributed by atoms with Gasteiger partial charge in [-0.3, -0.25) is 4.99 Å². The molecule has 2 N–H and O–H groups in total. The molecule has 0 saturated heterocycles. The number of ether oxygens (including phenoxy) is 1. The molecule has 2 unspecified atom stereocenters. The van der Waals surface area contributed by atoms with Gasteiger partial charge in [0.05, 0.1) is 6.10 Å². The van der Waals surface area contributed by atoms with Crippen LogP contribution < -0.4 is 10.6 Å². The third-order valence-corrected chi connectivity index (χ3v) is 4.64. The fraction of sp³-hybridized carbons (Fsp3) is 0.800. The molecule has 0 radical (unpaired) electrons. The first-order valence-electron chi connectivity index (χ1n) is 7.46. The van der Waals surface area contributed by atoms with Gasteiger partial charge in [-0.25, -0.2) is 0 Å². The summed E-state index contributed by atoms with van der Waals surface area (Å²) in [6.45, 7) is 7.38. The van der Waals surface area contributed by atoms with Crippen LogP contribution in [-0.2, 0) is 4.74 Å². The van der Waals surface area contributed by atoms with Crippen LogP contribution >= 0.6 is 0 Å². The zero-order valence-corrected chi connectivity index (χ0v) is 12.2. The number of guanidine groups is 1. The minimum atomic E-state index is 0.349. The first-order chi connectivity index (χ1) is 9.26. The summed E-state index contributed by atoms with van der Waals surface area (Å²) in [7, 11) is 1.82. The van der Waals surface area contributed by atoms with Crippen molar-refractivity contribution in [2.75, 3.05) is 20.2 Å². The van der Waals surface area contributed by atoms with Gasteiger partial charge in [0.25, 0.3) is 0 Å². The Morgan fingerprint density at radius 1 is 1.47 bits per heavy atom. The molecule has 0 aromatic heterocycles. The Morgan fingerprint density at radius 3 is 2.79 bits per heavy atom. The molecular weight excluding hydrogens is 238 g/mol. The van der Waals surface area contributed by atoms with Crippen LogP contribution in [0.25, 0.3) is 0 Å². The van der Waals surface area contributed by atoms with Crippen LogP contribution in [0, 0.1) is 5.41 Å². The average Bonchev–Trinajstić information content (AvgIpc) is 2.93. The summed E-state index contributed by atoms with van der Waals surface area (Å²) in [6.07, 6.45) is 8.63. The number of nitrogens with zero attached hydrogens (tertiary/aromatic N) is 1. The third kappa shape index (κ3) is 2.78. The van der Waals surface area contributed by atoms with Gasteiger partial charge in [-0.2, -0.15) is 0 Å². The third-order valence-electron chi connectivity index (χ3n) is 4.64. The molecule has 19 heavy (non-hydrogen) atoms. The normalized spacial score (nSPS) is 29.1. The van der Waals surface area contributed by atoms with Crippen molar-refractivity contribution in [3.05, 3.63) is 12.7 Å². The van der Waals surface area contributed by atoms with Crippen LogP contribution in [0.5, 0.6) is 0 Å². The van der Waals surface area contributed by atoms with E-state index in [4.69, 9.17) is 4.74 Å². The molecule has 2 atom stereocenters. The Bertz CT molecular complexity index is 334. The summed E-state index contributed by atoms with van der Waals surface area (Å²) in [4.78, 5) is 4.28. The number of hydrogen-bond donors (Lipinski definition) is 2. The van der Waals surface area contributed by atoms with E-state index in [0.717, 1.165) is 25.5 Å². The van der Waals surface area contributed by atoms with E-state index in [0.29, 0.717) is 17.6 Å². The maximum atomic E-state index is 5.93. The Labute approximate surface area is 116 Å². The van der Waals surface area contributed by atoms with Gasteiger partial charge in [-0.1, -0.05) is 18.9 Å². The van der Waals surface area contributed by atoms with Gasteiger partial charge in [0.15, 0.2) is 5.96 Å². The lowest BCUT2D eigenvalue weighted by Crippen LogP contribution is -2.65. The van der Waals surface area contributed by atoms with Crippen LogP contribution in [-0.4, -0.2) is 38.3 Å². The monoisotopic (exact) mass is 265 g/mol. The molecule has 0 heterocycles. The van der Waals surface area contributed by atoms with Crippen molar-refractivity contribution < 1.29 is 4.74 Å². The molecule has 108 valence electrons. The van der Waals surface area contributed by atoms with Crippen LogP contribution in [0.1, 0.15) is 39.0 Å². The van der Waals surface area contributed by atoms with Gasteiger partial charge in [0.1, 0.15) is 0 Å². The predicted octanol–water partition coefficient (Wildman–Crippen LogP) is 2.08. The van der Waals surface area contributed by atoms with Gasteiger partial charge in [0, 0.05) is 31.7 Å². The molecular formula is C15H27N3O. The van der Waals surface area contributed by atoms with E-state index in [1.54, 1.807) is 0 Å². The molecule has 0 bridgehead atoms. The van der Waals surface area contributed by atoms with E-state index in [-0.39, 0.29) is 0 Å². The minimum absolute atomic E-state index is 0.349. The maximum absolute atomic E-state index is 5.93. The zero-order chi connectivity index (χ0) is 13.7. The van der Waals surface area contributed by atoms with Crippen molar-refractivity contribution in [3.63, 3.8) is 0 Å². The zero-order valence-electron chi connectivity index (χ0n) is 12.2. The summed E-state index contributed by atoms with van der Waals surface area (Å²) in [5, 5.41) is 6.82. The number of rotatable bonds is 5. The van der Waals surface area contributed by atoms with E-state index in [1.807, 2.05) is 13.1 Å². The van der Waals surface area contributed by atoms with Crippen LogP contribution in [0.2, 0.25) is 0 Å². The second-order valence-corrected chi connectivity index (χ2v) is 5.56. The van der Waals surface area contributed by atoms with Crippen molar-refractivity contribution in [1.82, 2.24) is 10.6 Å². The molecule has 2 rings (SSSR count). The number of nitrogens with one attached hydrogen (secondary N) is 2. The van der Waals surface area contributed by atoms with E-state index in [2.05, 4.69) is 29.1 Å². The highest BCUT2D eigenvalue weighted by atomic mass is 16.5. The van der Waals surface area contributed by atoms with E-state index in [9.17, 15) is 0 Å². The quantitative estimate of drug-likeness (QED) is 0.454. The number of hydrogen-bond acceptors (Lipinski definition) is 2. The van der Waals surface area contributed by atoms with Crippen LogP contribution in [0.15, 0.2) is 17.6 Å². The predicted molar refractivity (Wildman–Crippen MR) is 79.4 cm³/mol. The van der Waals surface area contributed by atoms with Crippen LogP contribution in [0.4, 0.5) is 0 Å². The highest BCUT2D eigenvalue weighted by Gasteiger charge is 2.56. The molecule has 2 aliphatic carbocycles. The summed E-state index contributed by atoms with van der Waals surface area (Å²) in [5.41, 5.74) is 0.349. The van der Waals surface area contributed by atoms with Gasteiger partial charge in [-0.05, 0) is 26.2 Å². The van der Waals surface area contributed by atoms with Gasteiger partial charge >= 0.3 is 0 Å². The molecule has 2 fully saturated rings. The lowest BCUT2D eigenvalue weighted by atomic mass is 9.60. The largest absolute Gasteiger partial charge is 0.378 e. The van der Waals surface area contributed by atoms with Crippen molar-refractivity contribution in [2.45, 2.75) is 51.2 Å². The fourth-order valence-electron chi connectivity index (χ4n) is 3.62. The Morgan fingerprint density at radius 2 is 2.21 bits per heavy atom. The van der Waals surface area contributed by atoms with Gasteiger partial charge in [0.2, 0.25) is 0 Å². The van der Waals surface area contributed by atoms with Gasteiger partial charge in [-0.15, -0.1) is 6.58 Å². The molecule has 4 heteroatoms. The van der Waals surface area contributed by atoms with Crippen molar-refractivity contribution in [2.24, 2.45) is 10.4 Å². The lowest BCUT2D eigenvalue weighted by Gasteiger charge is -2.54.